The minimum Gasteiger partial charge on any atom is -0.462 e. The van der Waals surface area contributed by atoms with Gasteiger partial charge in [-0.1, -0.05) is 33.1 Å². The number of hydrogen-bond acceptors (Lipinski definition) is 3. The van der Waals surface area contributed by atoms with E-state index >= 15 is 0 Å². The van der Waals surface area contributed by atoms with Crippen molar-refractivity contribution in [3.8, 4) is 0 Å². The summed E-state index contributed by atoms with van der Waals surface area (Å²) in [5, 5.41) is 0. The maximum absolute atomic E-state index is 12.8. The normalized spacial score (nSPS) is 12.2. The van der Waals surface area contributed by atoms with Crippen LogP contribution in [0.15, 0.2) is 18.3 Å². The van der Waals surface area contributed by atoms with Crippen LogP contribution in [0.4, 0.5) is 4.39 Å². The highest BCUT2D eigenvalue weighted by atomic mass is 19.1. The van der Waals surface area contributed by atoms with Crippen LogP contribution in [0.1, 0.15) is 49.9 Å². The number of unbranched alkanes of at least 4 members (excludes halogenated alkanes) is 1. The second-order valence-corrected chi connectivity index (χ2v) is 4.38. The predicted octanol–water partition coefficient (Wildman–Crippen LogP) is 3.59. The Bertz CT molecular complexity index is 382. The van der Waals surface area contributed by atoms with Gasteiger partial charge in [-0.2, -0.15) is 4.39 Å². The number of pyridine rings is 1. The van der Waals surface area contributed by atoms with Gasteiger partial charge in [-0.05, 0) is 18.4 Å². The molecule has 1 heterocycles. The van der Waals surface area contributed by atoms with Gasteiger partial charge in [0.2, 0.25) is 5.95 Å². The summed E-state index contributed by atoms with van der Waals surface area (Å²) in [5.41, 5.74) is 0.216. The number of ether oxygens (including phenoxy) is 1. The molecule has 18 heavy (non-hydrogen) atoms. The van der Waals surface area contributed by atoms with Gasteiger partial charge in [-0.3, -0.25) is 0 Å². The highest BCUT2D eigenvalue weighted by Crippen LogP contribution is 2.14. The number of rotatable bonds is 7. The van der Waals surface area contributed by atoms with Gasteiger partial charge in [0.05, 0.1) is 12.2 Å². The lowest BCUT2D eigenvalue weighted by molar-refractivity contribution is 0.0427. The molecule has 1 aromatic rings. The molecule has 0 radical (unpaired) electrons. The molecule has 0 aliphatic heterocycles. The minimum absolute atomic E-state index is 0.216. The van der Waals surface area contributed by atoms with E-state index in [0.717, 1.165) is 31.7 Å². The summed E-state index contributed by atoms with van der Waals surface area (Å²) >= 11 is 0. The Morgan fingerprint density at radius 2 is 2.28 bits per heavy atom. The number of carbonyl (C=O) groups is 1. The Morgan fingerprint density at radius 1 is 1.50 bits per heavy atom. The molecule has 0 N–H and O–H groups in total. The molecular formula is C14H20FNO2. The molecule has 1 aromatic heterocycles. The molecule has 0 bridgehead atoms. The van der Waals surface area contributed by atoms with E-state index in [2.05, 4.69) is 18.8 Å². The fraction of sp³-hybridized carbons (Fsp3) is 0.571. The maximum Gasteiger partial charge on any atom is 0.338 e. The highest BCUT2D eigenvalue weighted by Gasteiger charge is 2.12. The average Bonchev–Trinajstić information content (AvgIpc) is 2.38. The first-order valence-electron chi connectivity index (χ1n) is 6.46. The van der Waals surface area contributed by atoms with Gasteiger partial charge in [0.25, 0.3) is 0 Å². The van der Waals surface area contributed by atoms with Crippen molar-refractivity contribution >= 4 is 5.97 Å². The number of esters is 1. The van der Waals surface area contributed by atoms with Crippen LogP contribution >= 0.6 is 0 Å². The third kappa shape index (κ3) is 4.82. The molecule has 0 saturated heterocycles. The quantitative estimate of drug-likeness (QED) is 0.550. The first-order chi connectivity index (χ1) is 8.67. The van der Waals surface area contributed by atoms with Crippen LogP contribution in [0.5, 0.6) is 0 Å². The van der Waals surface area contributed by atoms with Crippen molar-refractivity contribution in [3.63, 3.8) is 0 Å². The largest absolute Gasteiger partial charge is 0.462 e. The predicted molar refractivity (Wildman–Crippen MR) is 67.8 cm³/mol. The monoisotopic (exact) mass is 253 g/mol. The summed E-state index contributed by atoms with van der Waals surface area (Å²) in [6.07, 6.45) is 5.59. The van der Waals surface area contributed by atoms with Crippen molar-refractivity contribution in [2.24, 2.45) is 5.92 Å². The fourth-order valence-corrected chi connectivity index (χ4v) is 1.70. The molecule has 1 atom stereocenters. The number of halogens is 1. The molecule has 0 spiro atoms. The Hall–Kier alpha value is -1.45. The maximum atomic E-state index is 12.8. The molecule has 0 aliphatic rings. The zero-order chi connectivity index (χ0) is 13.4. The van der Waals surface area contributed by atoms with Gasteiger partial charge in [-0.25, -0.2) is 9.78 Å². The van der Waals surface area contributed by atoms with E-state index in [1.165, 1.54) is 12.3 Å². The molecule has 1 unspecified atom stereocenters. The molecule has 4 heteroatoms. The Morgan fingerprint density at radius 3 is 2.89 bits per heavy atom. The molecular weight excluding hydrogens is 233 g/mol. The Labute approximate surface area is 107 Å². The van der Waals surface area contributed by atoms with Crippen molar-refractivity contribution in [3.05, 3.63) is 29.8 Å². The summed E-state index contributed by atoms with van der Waals surface area (Å²) in [6, 6.07) is 2.55. The third-order valence-electron chi connectivity index (χ3n) is 2.96. The molecule has 0 fully saturated rings. The molecule has 100 valence electrons. The van der Waals surface area contributed by atoms with E-state index in [4.69, 9.17) is 4.74 Å². The van der Waals surface area contributed by atoms with E-state index in [0.29, 0.717) is 12.5 Å². The second kappa shape index (κ2) is 7.80. The van der Waals surface area contributed by atoms with Crippen molar-refractivity contribution in [1.29, 1.82) is 0 Å². The van der Waals surface area contributed by atoms with Crippen LogP contribution < -0.4 is 0 Å². The number of hydrogen-bond donors (Lipinski definition) is 0. The first kappa shape index (κ1) is 14.6. The summed E-state index contributed by atoms with van der Waals surface area (Å²) in [7, 11) is 0. The van der Waals surface area contributed by atoms with Gasteiger partial charge < -0.3 is 4.74 Å². The van der Waals surface area contributed by atoms with Gasteiger partial charge >= 0.3 is 5.97 Å². The van der Waals surface area contributed by atoms with E-state index in [-0.39, 0.29) is 5.56 Å². The van der Waals surface area contributed by atoms with Crippen LogP contribution in [0.25, 0.3) is 0 Å². The van der Waals surface area contributed by atoms with Crippen molar-refractivity contribution < 1.29 is 13.9 Å². The van der Waals surface area contributed by atoms with Crippen LogP contribution in [0.2, 0.25) is 0 Å². The summed E-state index contributed by atoms with van der Waals surface area (Å²) < 4.78 is 18.0. The number of nitrogens with zero attached hydrogens (tertiary/aromatic N) is 1. The number of carbonyl (C=O) groups excluding carboxylic acids is 1. The van der Waals surface area contributed by atoms with Gasteiger partial charge in [0.15, 0.2) is 0 Å². The van der Waals surface area contributed by atoms with Crippen LogP contribution in [-0.2, 0) is 4.74 Å². The zero-order valence-electron chi connectivity index (χ0n) is 11.0. The molecule has 0 saturated carbocycles. The van der Waals surface area contributed by atoms with Crippen molar-refractivity contribution in [2.45, 2.75) is 39.5 Å². The Balaban J connectivity index is 2.44. The molecule has 3 nitrogen and oxygen atoms in total. The van der Waals surface area contributed by atoms with Crippen LogP contribution in [0, 0.1) is 11.9 Å². The van der Waals surface area contributed by atoms with Crippen molar-refractivity contribution in [2.75, 3.05) is 6.61 Å². The van der Waals surface area contributed by atoms with Gasteiger partial charge in [0, 0.05) is 12.3 Å². The minimum atomic E-state index is -0.664. The van der Waals surface area contributed by atoms with E-state index in [9.17, 15) is 9.18 Å². The lowest BCUT2D eigenvalue weighted by atomic mass is 10.0. The van der Waals surface area contributed by atoms with Gasteiger partial charge in [0.1, 0.15) is 0 Å². The van der Waals surface area contributed by atoms with Crippen LogP contribution in [-0.4, -0.2) is 17.6 Å². The lowest BCUT2D eigenvalue weighted by Crippen LogP contribution is -2.14. The highest BCUT2D eigenvalue weighted by molar-refractivity contribution is 5.89. The lowest BCUT2D eigenvalue weighted by Gasteiger charge is -2.14. The smallest absolute Gasteiger partial charge is 0.338 e. The molecule has 0 aliphatic carbocycles. The second-order valence-electron chi connectivity index (χ2n) is 4.38. The Kier molecular flexibility index (Phi) is 6.33. The number of aromatic nitrogens is 1. The standard InChI is InChI=1S/C14H20FNO2/c1-3-5-6-11(4-2)10-18-14(17)12-7-8-16-13(15)9-12/h7-9,11H,3-6,10H2,1-2H3. The summed E-state index contributed by atoms with van der Waals surface area (Å²) in [4.78, 5) is 15.1. The fourth-order valence-electron chi connectivity index (χ4n) is 1.70. The molecule has 0 aromatic carbocycles. The molecule has 0 amide bonds. The van der Waals surface area contributed by atoms with E-state index < -0.39 is 11.9 Å². The van der Waals surface area contributed by atoms with E-state index in [1.54, 1.807) is 0 Å². The van der Waals surface area contributed by atoms with Crippen molar-refractivity contribution in [1.82, 2.24) is 4.98 Å². The SMILES string of the molecule is CCCCC(CC)COC(=O)c1ccnc(F)c1. The van der Waals surface area contributed by atoms with Gasteiger partial charge in [-0.15, -0.1) is 0 Å². The summed E-state index contributed by atoms with van der Waals surface area (Å²) in [6.45, 7) is 4.62. The average molecular weight is 253 g/mol. The topological polar surface area (TPSA) is 39.2 Å². The first-order valence-corrected chi connectivity index (χ1v) is 6.46. The third-order valence-corrected chi connectivity index (χ3v) is 2.96. The van der Waals surface area contributed by atoms with Crippen LogP contribution in [0.3, 0.4) is 0 Å². The van der Waals surface area contributed by atoms with E-state index in [1.807, 2.05) is 0 Å². The molecule has 1 rings (SSSR count). The zero-order valence-corrected chi connectivity index (χ0v) is 11.0. The summed E-state index contributed by atoms with van der Waals surface area (Å²) in [5.74, 6) is -0.755.